The first-order valence-corrected chi connectivity index (χ1v) is 4.23. The van der Waals surface area contributed by atoms with Crippen molar-refractivity contribution in [3.8, 4) is 6.07 Å². The molecule has 0 aromatic carbocycles. The zero-order valence-electron chi connectivity index (χ0n) is 8.10. The van der Waals surface area contributed by atoms with Crippen LogP contribution < -0.4 is 11.1 Å². The molecule has 0 fully saturated rings. The van der Waals surface area contributed by atoms with Gasteiger partial charge in [-0.15, -0.1) is 0 Å². The number of nitriles is 1. The number of imide groups is 1. The number of amides is 3. The number of carbonyl (C=O) groups excluding carboxylic acids is 2. The van der Waals surface area contributed by atoms with E-state index in [-0.39, 0.29) is 0 Å². The Labute approximate surface area is 86.3 Å². The van der Waals surface area contributed by atoms with Crippen molar-refractivity contribution in [3.63, 3.8) is 0 Å². The summed E-state index contributed by atoms with van der Waals surface area (Å²) < 4.78 is 1.46. The molecular formula is C9H10N4O2. The second-order valence-corrected chi connectivity index (χ2v) is 2.94. The Hall–Kier alpha value is -2.29. The quantitative estimate of drug-likeness (QED) is 0.718. The van der Waals surface area contributed by atoms with Gasteiger partial charge in [0.1, 0.15) is 17.8 Å². The fourth-order valence-electron chi connectivity index (χ4n) is 1.18. The second-order valence-electron chi connectivity index (χ2n) is 2.94. The highest BCUT2D eigenvalue weighted by atomic mass is 16.2. The largest absolute Gasteiger partial charge is 0.351 e. The fraction of sp³-hybridized carbons (Fsp3) is 0.222. The first-order valence-electron chi connectivity index (χ1n) is 4.23. The van der Waals surface area contributed by atoms with Gasteiger partial charge in [0, 0.05) is 6.20 Å². The molecule has 0 saturated heterocycles. The fourth-order valence-corrected chi connectivity index (χ4v) is 1.18. The van der Waals surface area contributed by atoms with Crippen LogP contribution in [0.25, 0.3) is 0 Å². The minimum atomic E-state index is -0.905. The van der Waals surface area contributed by atoms with Crippen molar-refractivity contribution in [1.29, 1.82) is 5.26 Å². The lowest BCUT2D eigenvalue weighted by atomic mass is 10.3. The summed E-state index contributed by atoms with van der Waals surface area (Å²) in [6.45, 7) is 1.57. The molecule has 0 bridgehead atoms. The molecule has 1 rings (SSSR count). The van der Waals surface area contributed by atoms with Crippen LogP contribution in [-0.2, 0) is 4.79 Å². The zero-order valence-corrected chi connectivity index (χ0v) is 8.10. The Morgan fingerprint density at radius 1 is 1.67 bits per heavy atom. The van der Waals surface area contributed by atoms with Crippen molar-refractivity contribution in [1.82, 2.24) is 9.88 Å². The first kappa shape index (κ1) is 10.8. The molecule has 1 heterocycles. The number of carbonyl (C=O) groups is 2. The van der Waals surface area contributed by atoms with Crippen LogP contribution in [0.5, 0.6) is 0 Å². The lowest BCUT2D eigenvalue weighted by Gasteiger charge is -2.13. The Morgan fingerprint density at radius 3 is 2.87 bits per heavy atom. The summed E-state index contributed by atoms with van der Waals surface area (Å²) in [6.07, 6.45) is 1.59. The molecule has 6 nitrogen and oxygen atoms in total. The third-order valence-corrected chi connectivity index (χ3v) is 1.94. The van der Waals surface area contributed by atoms with Gasteiger partial charge in [0.25, 0.3) is 5.91 Å². The average Bonchev–Trinajstić information content (AvgIpc) is 2.62. The molecule has 3 amide bonds. The molecule has 15 heavy (non-hydrogen) atoms. The number of nitrogens with one attached hydrogen (secondary N) is 1. The Kier molecular flexibility index (Phi) is 3.08. The van der Waals surface area contributed by atoms with Crippen molar-refractivity contribution >= 4 is 11.9 Å². The Balaban J connectivity index is 2.86. The predicted molar refractivity (Wildman–Crippen MR) is 51.6 cm³/mol. The molecule has 3 N–H and O–H groups in total. The number of hydrogen-bond donors (Lipinski definition) is 2. The number of nitrogens with two attached hydrogens (primary N) is 1. The molecule has 0 radical (unpaired) electrons. The van der Waals surface area contributed by atoms with E-state index in [0.29, 0.717) is 5.69 Å². The molecule has 0 aliphatic heterocycles. The number of hydrogen-bond acceptors (Lipinski definition) is 3. The zero-order chi connectivity index (χ0) is 11.4. The molecule has 1 aromatic heterocycles. The highest BCUT2D eigenvalue weighted by Crippen LogP contribution is 2.10. The monoisotopic (exact) mass is 206 g/mol. The van der Waals surface area contributed by atoms with E-state index < -0.39 is 18.0 Å². The summed E-state index contributed by atoms with van der Waals surface area (Å²) in [7, 11) is 0. The van der Waals surface area contributed by atoms with E-state index in [2.05, 4.69) is 0 Å². The standard InChI is InChI=1S/C9H10N4O2/c1-6(8(14)12-9(11)15)13-4-2-3-7(13)5-10/h2-4,6H,1H3,(H3,11,12,14,15). The lowest BCUT2D eigenvalue weighted by molar-refractivity contribution is -0.122. The van der Waals surface area contributed by atoms with Gasteiger partial charge in [0.15, 0.2) is 0 Å². The smallest absolute Gasteiger partial charge is 0.318 e. The Bertz CT molecular complexity index is 430. The highest BCUT2D eigenvalue weighted by molar-refractivity contribution is 5.95. The van der Waals surface area contributed by atoms with Gasteiger partial charge >= 0.3 is 6.03 Å². The van der Waals surface area contributed by atoms with Gasteiger partial charge in [-0.25, -0.2) is 4.79 Å². The van der Waals surface area contributed by atoms with Gasteiger partial charge < -0.3 is 10.3 Å². The summed E-state index contributed by atoms with van der Waals surface area (Å²) in [4.78, 5) is 21.8. The summed E-state index contributed by atoms with van der Waals surface area (Å²) in [6, 6.07) is 3.60. The molecule has 0 aliphatic carbocycles. The average molecular weight is 206 g/mol. The number of rotatable bonds is 2. The van der Waals surface area contributed by atoms with Crippen LogP contribution in [-0.4, -0.2) is 16.5 Å². The van der Waals surface area contributed by atoms with E-state index in [1.54, 1.807) is 25.3 Å². The molecule has 78 valence electrons. The van der Waals surface area contributed by atoms with Crippen LogP contribution in [0.4, 0.5) is 4.79 Å². The maximum Gasteiger partial charge on any atom is 0.318 e. The van der Waals surface area contributed by atoms with Gasteiger partial charge in [-0.2, -0.15) is 5.26 Å². The molecule has 0 aliphatic rings. The number of aromatic nitrogens is 1. The minimum Gasteiger partial charge on any atom is -0.351 e. The van der Waals surface area contributed by atoms with E-state index in [4.69, 9.17) is 11.0 Å². The predicted octanol–water partition coefficient (Wildman–Crippen LogP) is 0.116. The van der Waals surface area contributed by atoms with Crippen molar-refractivity contribution in [3.05, 3.63) is 24.0 Å². The van der Waals surface area contributed by atoms with Crippen molar-refractivity contribution in [2.75, 3.05) is 0 Å². The second kappa shape index (κ2) is 4.28. The number of nitrogens with zero attached hydrogens (tertiary/aromatic N) is 2. The van der Waals surface area contributed by atoms with Crippen LogP contribution in [0.3, 0.4) is 0 Å². The maximum atomic E-state index is 11.4. The third-order valence-electron chi connectivity index (χ3n) is 1.94. The maximum absolute atomic E-state index is 11.4. The summed E-state index contributed by atoms with van der Waals surface area (Å²) in [5.74, 6) is -0.546. The topological polar surface area (TPSA) is 101 Å². The van der Waals surface area contributed by atoms with Gasteiger partial charge in [0.2, 0.25) is 0 Å². The van der Waals surface area contributed by atoms with Gasteiger partial charge in [0.05, 0.1) is 0 Å². The molecular weight excluding hydrogens is 196 g/mol. The van der Waals surface area contributed by atoms with Crippen LogP contribution in [0.1, 0.15) is 18.7 Å². The normalized spacial score (nSPS) is 11.5. The van der Waals surface area contributed by atoms with Crippen LogP contribution in [0.15, 0.2) is 18.3 Å². The third kappa shape index (κ3) is 2.34. The molecule has 1 unspecified atom stereocenters. The van der Waals surface area contributed by atoms with E-state index in [1.807, 2.05) is 11.4 Å². The van der Waals surface area contributed by atoms with Crippen LogP contribution in [0.2, 0.25) is 0 Å². The summed E-state index contributed by atoms with van der Waals surface area (Å²) in [5, 5.41) is 10.7. The van der Waals surface area contributed by atoms with E-state index in [0.717, 1.165) is 0 Å². The SMILES string of the molecule is CC(C(=O)NC(N)=O)n1cccc1C#N. The summed E-state index contributed by atoms with van der Waals surface area (Å²) >= 11 is 0. The van der Waals surface area contributed by atoms with Gasteiger partial charge in [-0.3, -0.25) is 10.1 Å². The molecule has 1 atom stereocenters. The molecule has 6 heteroatoms. The van der Waals surface area contributed by atoms with Crippen LogP contribution >= 0.6 is 0 Å². The van der Waals surface area contributed by atoms with E-state index >= 15 is 0 Å². The molecule has 1 aromatic rings. The van der Waals surface area contributed by atoms with Crippen molar-refractivity contribution in [2.45, 2.75) is 13.0 Å². The Morgan fingerprint density at radius 2 is 2.33 bits per heavy atom. The van der Waals surface area contributed by atoms with Crippen LogP contribution in [0, 0.1) is 11.3 Å². The molecule has 0 saturated carbocycles. The van der Waals surface area contributed by atoms with E-state index in [9.17, 15) is 9.59 Å². The first-order chi connectivity index (χ1) is 7.06. The number of primary amides is 1. The minimum absolute atomic E-state index is 0.349. The van der Waals surface area contributed by atoms with E-state index in [1.165, 1.54) is 4.57 Å². The van der Waals surface area contributed by atoms with Crippen molar-refractivity contribution in [2.24, 2.45) is 5.73 Å². The number of urea groups is 1. The van der Waals surface area contributed by atoms with Gasteiger partial charge in [-0.05, 0) is 19.1 Å². The molecule has 0 spiro atoms. The highest BCUT2D eigenvalue weighted by Gasteiger charge is 2.17. The lowest BCUT2D eigenvalue weighted by Crippen LogP contribution is -2.39. The van der Waals surface area contributed by atoms with Crippen molar-refractivity contribution < 1.29 is 9.59 Å². The van der Waals surface area contributed by atoms with Gasteiger partial charge in [-0.1, -0.05) is 0 Å². The summed E-state index contributed by atoms with van der Waals surface area (Å²) in [5.41, 5.74) is 5.16.